The van der Waals surface area contributed by atoms with Gasteiger partial charge in [0.25, 0.3) is 0 Å². The lowest BCUT2D eigenvalue weighted by Crippen LogP contribution is -2.31. The minimum atomic E-state index is -0.768. The lowest BCUT2D eigenvalue weighted by atomic mass is 9.90. The van der Waals surface area contributed by atoms with E-state index in [0.717, 1.165) is 12.1 Å². The van der Waals surface area contributed by atoms with Gasteiger partial charge in [-0.05, 0) is 37.6 Å². The minimum absolute atomic E-state index is 0.361. The van der Waals surface area contributed by atoms with Gasteiger partial charge in [0.2, 0.25) is 0 Å². The summed E-state index contributed by atoms with van der Waals surface area (Å²) in [5.74, 6) is -1.13. The van der Waals surface area contributed by atoms with Gasteiger partial charge in [-0.1, -0.05) is 17.7 Å². The highest BCUT2D eigenvalue weighted by molar-refractivity contribution is 6.31. The van der Waals surface area contributed by atoms with Gasteiger partial charge in [0.1, 0.15) is 5.82 Å². The lowest BCUT2D eigenvalue weighted by Gasteiger charge is -2.20. The van der Waals surface area contributed by atoms with Crippen molar-refractivity contribution in [1.82, 2.24) is 4.90 Å². The predicted molar refractivity (Wildman–Crippen MR) is 67.0 cm³/mol. The molecule has 1 N–H and O–H groups in total. The number of carboxylic acid groups (broad SMARTS) is 1. The van der Waals surface area contributed by atoms with E-state index in [4.69, 9.17) is 16.7 Å². The molecule has 0 bridgehead atoms. The molecule has 0 aromatic heterocycles. The highest BCUT2D eigenvalue weighted by Crippen LogP contribution is 2.31. The van der Waals surface area contributed by atoms with Crippen LogP contribution in [0.4, 0.5) is 4.39 Å². The van der Waals surface area contributed by atoms with E-state index in [9.17, 15) is 9.18 Å². The lowest BCUT2D eigenvalue weighted by molar-refractivity contribution is -0.147. The Balaban J connectivity index is 2.06. The van der Waals surface area contributed by atoms with Crippen LogP contribution in [0, 0.1) is 11.2 Å². The maximum atomic E-state index is 12.9. The van der Waals surface area contributed by atoms with E-state index in [1.54, 1.807) is 13.0 Å². The molecule has 0 spiro atoms. The molecule has 3 nitrogen and oxygen atoms in total. The molecule has 0 aliphatic carbocycles. The average Bonchev–Trinajstić information content (AvgIpc) is 2.66. The molecule has 1 aliphatic heterocycles. The third-order valence-electron chi connectivity index (χ3n) is 3.48. The van der Waals surface area contributed by atoms with Gasteiger partial charge in [-0.3, -0.25) is 9.69 Å². The van der Waals surface area contributed by atoms with Crippen LogP contribution in [0.15, 0.2) is 18.2 Å². The highest BCUT2D eigenvalue weighted by Gasteiger charge is 2.40. The van der Waals surface area contributed by atoms with Crippen LogP contribution < -0.4 is 0 Å². The number of hydrogen-bond acceptors (Lipinski definition) is 2. The molecule has 1 heterocycles. The van der Waals surface area contributed by atoms with Gasteiger partial charge in [0, 0.05) is 18.1 Å². The molecule has 18 heavy (non-hydrogen) atoms. The molecule has 1 unspecified atom stereocenters. The van der Waals surface area contributed by atoms with Crippen molar-refractivity contribution in [2.45, 2.75) is 19.9 Å². The second-order valence-corrected chi connectivity index (χ2v) is 5.47. The summed E-state index contributed by atoms with van der Waals surface area (Å²) in [6.07, 6.45) is 0.626. The first-order valence-electron chi connectivity index (χ1n) is 5.80. The van der Waals surface area contributed by atoms with Crippen molar-refractivity contribution in [3.63, 3.8) is 0 Å². The van der Waals surface area contributed by atoms with Crippen LogP contribution in [0.1, 0.15) is 18.9 Å². The summed E-state index contributed by atoms with van der Waals surface area (Å²) in [4.78, 5) is 13.2. The summed E-state index contributed by atoms with van der Waals surface area (Å²) in [6.45, 7) is 3.52. The number of aliphatic carboxylic acids is 1. The number of carbonyl (C=O) groups is 1. The molecular formula is C13H15ClFNO2. The van der Waals surface area contributed by atoms with E-state index in [1.165, 1.54) is 12.1 Å². The summed E-state index contributed by atoms with van der Waals surface area (Å²) in [5, 5.41) is 9.53. The third kappa shape index (κ3) is 2.65. The molecule has 1 fully saturated rings. The molecule has 0 saturated carbocycles. The fourth-order valence-electron chi connectivity index (χ4n) is 2.26. The highest BCUT2D eigenvalue weighted by atomic mass is 35.5. The van der Waals surface area contributed by atoms with E-state index < -0.39 is 11.4 Å². The van der Waals surface area contributed by atoms with Crippen LogP contribution in [-0.2, 0) is 11.3 Å². The molecule has 1 aromatic rings. The summed E-state index contributed by atoms with van der Waals surface area (Å²) >= 11 is 5.96. The number of hydrogen-bond donors (Lipinski definition) is 1. The smallest absolute Gasteiger partial charge is 0.310 e. The average molecular weight is 272 g/mol. The van der Waals surface area contributed by atoms with Crippen molar-refractivity contribution >= 4 is 17.6 Å². The molecule has 1 aromatic carbocycles. The number of nitrogens with zero attached hydrogens (tertiary/aromatic N) is 1. The molecule has 0 radical (unpaired) electrons. The van der Waals surface area contributed by atoms with Crippen LogP contribution in [0.3, 0.4) is 0 Å². The monoisotopic (exact) mass is 271 g/mol. The molecule has 1 atom stereocenters. The number of benzene rings is 1. The fourth-order valence-corrected chi connectivity index (χ4v) is 2.48. The first kappa shape index (κ1) is 13.3. The van der Waals surface area contributed by atoms with Gasteiger partial charge < -0.3 is 5.11 Å². The maximum Gasteiger partial charge on any atom is 0.310 e. The molecule has 98 valence electrons. The maximum absolute atomic E-state index is 12.9. The zero-order chi connectivity index (χ0) is 13.3. The second-order valence-electron chi connectivity index (χ2n) is 5.06. The van der Waals surface area contributed by atoms with Crippen LogP contribution in [-0.4, -0.2) is 29.1 Å². The van der Waals surface area contributed by atoms with Crippen molar-refractivity contribution < 1.29 is 14.3 Å². The number of halogens is 2. The molecule has 1 saturated heterocycles. The summed E-state index contributed by atoms with van der Waals surface area (Å²) in [5.41, 5.74) is 0.139. The third-order valence-corrected chi connectivity index (χ3v) is 3.83. The van der Waals surface area contributed by atoms with E-state index in [0.29, 0.717) is 24.5 Å². The van der Waals surface area contributed by atoms with Gasteiger partial charge in [-0.2, -0.15) is 0 Å². The van der Waals surface area contributed by atoms with E-state index >= 15 is 0 Å². The molecule has 0 amide bonds. The Bertz CT molecular complexity index is 480. The van der Waals surface area contributed by atoms with Crippen molar-refractivity contribution in [3.05, 3.63) is 34.6 Å². The quantitative estimate of drug-likeness (QED) is 0.919. The van der Waals surface area contributed by atoms with Crippen LogP contribution in [0.2, 0.25) is 5.02 Å². The summed E-state index contributed by atoms with van der Waals surface area (Å²) < 4.78 is 12.9. The minimum Gasteiger partial charge on any atom is -0.481 e. The Hall–Kier alpha value is -1.13. The zero-order valence-corrected chi connectivity index (χ0v) is 10.9. The van der Waals surface area contributed by atoms with Gasteiger partial charge in [0.05, 0.1) is 5.41 Å². The first-order valence-corrected chi connectivity index (χ1v) is 6.18. The van der Waals surface area contributed by atoms with Gasteiger partial charge in [-0.25, -0.2) is 4.39 Å². The normalized spacial score (nSPS) is 24.4. The van der Waals surface area contributed by atoms with Crippen molar-refractivity contribution in [2.24, 2.45) is 5.41 Å². The fraction of sp³-hybridized carbons (Fsp3) is 0.462. The molecular weight excluding hydrogens is 257 g/mol. The van der Waals surface area contributed by atoms with Crippen molar-refractivity contribution in [2.75, 3.05) is 13.1 Å². The first-order chi connectivity index (χ1) is 8.40. The standard InChI is InChI=1S/C13H15ClFNO2/c1-13(12(17)18)4-5-16(8-13)7-9-2-3-10(15)6-11(9)14/h2-3,6H,4-5,7-8H2,1H3,(H,17,18). The Morgan fingerprint density at radius 2 is 2.33 bits per heavy atom. The Labute approximate surface area is 110 Å². The van der Waals surface area contributed by atoms with Crippen LogP contribution in [0.5, 0.6) is 0 Å². The second kappa shape index (κ2) is 4.86. The van der Waals surface area contributed by atoms with Crippen LogP contribution >= 0.6 is 11.6 Å². The number of rotatable bonds is 3. The van der Waals surface area contributed by atoms with Crippen molar-refractivity contribution in [1.29, 1.82) is 0 Å². The van der Waals surface area contributed by atoms with E-state index in [-0.39, 0.29) is 5.82 Å². The van der Waals surface area contributed by atoms with Crippen LogP contribution in [0.25, 0.3) is 0 Å². The summed E-state index contributed by atoms with van der Waals surface area (Å²) in [7, 11) is 0. The van der Waals surface area contributed by atoms with Crippen molar-refractivity contribution in [3.8, 4) is 0 Å². The Morgan fingerprint density at radius 3 is 2.89 bits per heavy atom. The summed E-state index contributed by atoms with van der Waals surface area (Å²) in [6, 6.07) is 4.30. The Kier molecular flexibility index (Phi) is 3.59. The van der Waals surface area contributed by atoms with Gasteiger partial charge in [-0.15, -0.1) is 0 Å². The zero-order valence-electron chi connectivity index (χ0n) is 10.1. The topological polar surface area (TPSA) is 40.5 Å². The SMILES string of the molecule is CC1(C(=O)O)CCN(Cc2ccc(F)cc2Cl)C1. The molecule has 2 rings (SSSR count). The number of carboxylic acids is 1. The Morgan fingerprint density at radius 1 is 1.61 bits per heavy atom. The predicted octanol–water partition coefficient (Wildman–Crippen LogP) is 2.78. The van der Waals surface area contributed by atoms with E-state index in [1.807, 2.05) is 4.90 Å². The number of likely N-dealkylation sites (tertiary alicyclic amines) is 1. The van der Waals surface area contributed by atoms with Gasteiger partial charge in [0.15, 0.2) is 0 Å². The van der Waals surface area contributed by atoms with E-state index in [2.05, 4.69) is 0 Å². The molecule has 5 heteroatoms. The largest absolute Gasteiger partial charge is 0.481 e. The van der Waals surface area contributed by atoms with Gasteiger partial charge >= 0.3 is 5.97 Å². The molecule has 1 aliphatic rings.